The van der Waals surface area contributed by atoms with E-state index in [1.165, 1.54) is 0 Å². The molecule has 0 aromatic heterocycles. The molecule has 29 heavy (non-hydrogen) atoms. The van der Waals surface area contributed by atoms with Crippen molar-refractivity contribution in [1.82, 2.24) is 5.32 Å². The summed E-state index contributed by atoms with van der Waals surface area (Å²) in [6.45, 7) is 6.15. The van der Waals surface area contributed by atoms with Crippen molar-refractivity contribution < 1.29 is 19.0 Å². The predicted molar refractivity (Wildman–Crippen MR) is 119 cm³/mol. The number of para-hydroxylation sites is 3. The lowest BCUT2D eigenvalue weighted by atomic mass is 10.2. The Kier molecular flexibility index (Phi) is 9.95. The summed E-state index contributed by atoms with van der Waals surface area (Å²) in [4.78, 5) is 12.7. The Morgan fingerprint density at radius 2 is 1.62 bits per heavy atom. The number of hydrogen-bond acceptors (Lipinski definition) is 5. The summed E-state index contributed by atoms with van der Waals surface area (Å²) in [5, 5.41) is 5.90. The van der Waals surface area contributed by atoms with Crippen molar-refractivity contribution >= 4 is 28.9 Å². The number of amides is 1. The van der Waals surface area contributed by atoms with E-state index in [-0.39, 0.29) is 11.0 Å². The number of benzene rings is 2. The summed E-state index contributed by atoms with van der Waals surface area (Å²) < 4.78 is 16.7. The highest BCUT2D eigenvalue weighted by atomic mass is 32.1. The molecule has 6 nitrogen and oxygen atoms in total. The highest BCUT2D eigenvalue weighted by Gasteiger charge is 2.14. The number of rotatable bonds is 11. The maximum atomic E-state index is 12.7. The fraction of sp³-hybridized carbons (Fsp3) is 0.364. The molecule has 2 N–H and O–H groups in total. The predicted octanol–water partition coefficient (Wildman–Crippen LogP) is 4.41. The van der Waals surface area contributed by atoms with Gasteiger partial charge in [-0.15, -0.1) is 0 Å². The molecular formula is C22H28N2O4S. The molecule has 0 spiro atoms. The third kappa shape index (κ3) is 7.71. The molecule has 0 saturated heterocycles. The van der Waals surface area contributed by atoms with E-state index in [0.717, 1.165) is 12.8 Å². The number of ether oxygens (including phenoxy) is 3. The Labute approximate surface area is 177 Å². The van der Waals surface area contributed by atoms with Crippen molar-refractivity contribution in [2.24, 2.45) is 0 Å². The van der Waals surface area contributed by atoms with Crippen LogP contribution in [0.4, 0.5) is 5.69 Å². The normalized spacial score (nSPS) is 10.3. The Balaban J connectivity index is 1.97. The molecule has 0 aliphatic rings. The van der Waals surface area contributed by atoms with Crippen molar-refractivity contribution in [2.75, 3.05) is 31.7 Å². The minimum absolute atomic E-state index is 0.180. The molecule has 0 radical (unpaired) electrons. The third-order valence-electron chi connectivity index (χ3n) is 3.94. The Morgan fingerprint density at radius 1 is 0.931 bits per heavy atom. The fourth-order valence-electron chi connectivity index (χ4n) is 2.48. The molecule has 0 fully saturated rings. The smallest absolute Gasteiger partial charge is 0.261 e. The van der Waals surface area contributed by atoms with Gasteiger partial charge in [0.1, 0.15) is 18.1 Å². The average molecular weight is 417 g/mol. The van der Waals surface area contributed by atoms with Crippen LogP contribution in [0.25, 0.3) is 0 Å². The fourth-order valence-corrected chi connectivity index (χ4v) is 2.68. The van der Waals surface area contributed by atoms with Gasteiger partial charge in [-0.2, -0.15) is 0 Å². The van der Waals surface area contributed by atoms with Gasteiger partial charge in [0.15, 0.2) is 5.11 Å². The van der Waals surface area contributed by atoms with E-state index < -0.39 is 0 Å². The summed E-state index contributed by atoms with van der Waals surface area (Å²) in [7, 11) is 0. The maximum Gasteiger partial charge on any atom is 0.261 e. The first kappa shape index (κ1) is 22.6. The van der Waals surface area contributed by atoms with E-state index in [4.69, 9.17) is 26.4 Å². The summed E-state index contributed by atoms with van der Waals surface area (Å²) in [6, 6.07) is 14.5. The van der Waals surface area contributed by atoms with E-state index in [9.17, 15) is 4.79 Å². The van der Waals surface area contributed by atoms with Gasteiger partial charge in [0, 0.05) is 6.61 Å². The van der Waals surface area contributed by atoms with Crippen molar-refractivity contribution in [3.8, 4) is 11.5 Å². The zero-order chi connectivity index (χ0) is 20.9. The number of anilines is 1. The summed E-state index contributed by atoms with van der Waals surface area (Å²) >= 11 is 5.31. The summed E-state index contributed by atoms with van der Waals surface area (Å²) in [5.74, 6) is 0.845. The van der Waals surface area contributed by atoms with Crippen LogP contribution in [0.3, 0.4) is 0 Å². The lowest BCUT2D eigenvalue weighted by molar-refractivity contribution is 0.0973. The zero-order valence-electron chi connectivity index (χ0n) is 16.9. The van der Waals surface area contributed by atoms with Gasteiger partial charge >= 0.3 is 0 Å². The van der Waals surface area contributed by atoms with Crippen LogP contribution in [0.2, 0.25) is 0 Å². The summed E-state index contributed by atoms with van der Waals surface area (Å²) in [5.41, 5.74) is 1.11. The van der Waals surface area contributed by atoms with Crippen LogP contribution in [-0.2, 0) is 4.74 Å². The van der Waals surface area contributed by atoms with Gasteiger partial charge in [0.05, 0.1) is 24.5 Å². The lowest BCUT2D eigenvalue weighted by Crippen LogP contribution is -2.34. The number of carbonyl (C=O) groups excluding carboxylic acids is 1. The standard InChI is InChI=1S/C22H28N2O4S/c1-3-5-14-27-19-12-8-6-10-17(19)21(25)24-22(29)23-18-11-7-9-13-20(18)28-16-15-26-4-2/h6-13H,3-5,14-16H2,1-2H3,(H2,23,24,25,29). The third-order valence-corrected chi connectivity index (χ3v) is 4.14. The summed E-state index contributed by atoms with van der Waals surface area (Å²) in [6.07, 6.45) is 1.95. The van der Waals surface area contributed by atoms with Gasteiger partial charge < -0.3 is 19.5 Å². The first-order chi connectivity index (χ1) is 14.2. The molecule has 2 rings (SSSR count). The highest BCUT2D eigenvalue weighted by molar-refractivity contribution is 7.80. The minimum atomic E-state index is -0.329. The molecule has 0 saturated carbocycles. The van der Waals surface area contributed by atoms with Crippen LogP contribution >= 0.6 is 12.2 Å². The van der Waals surface area contributed by atoms with Crippen LogP contribution in [0, 0.1) is 0 Å². The van der Waals surface area contributed by atoms with E-state index in [1.54, 1.807) is 18.2 Å². The molecule has 0 atom stereocenters. The van der Waals surface area contributed by atoms with Crippen LogP contribution in [0.5, 0.6) is 11.5 Å². The SMILES string of the molecule is CCCCOc1ccccc1C(=O)NC(=S)Nc1ccccc1OCCOCC. The Hall–Kier alpha value is -2.64. The number of unbranched alkanes of at least 4 members (excludes halogenated alkanes) is 1. The van der Waals surface area contributed by atoms with Gasteiger partial charge in [-0.05, 0) is 49.8 Å². The quantitative estimate of drug-likeness (QED) is 0.418. The zero-order valence-corrected chi connectivity index (χ0v) is 17.7. The second-order valence-corrected chi connectivity index (χ2v) is 6.56. The van der Waals surface area contributed by atoms with E-state index in [0.29, 0.717) is 49.2 Å². The van der Waals surface area contributed by atoms with Crippen molar-refractivity contribution in [3.05, 3.63) is 54.1 Å². The topological polar surface area (TPSA) is 68.8 Å². The van der Waals surface area contributed by atoms with Crippen LogP contribution in [0.15, 0.2) is 48.5 Å². The van der Waals surface area contributed by atoms with Crippen molar-refractivity contribution in [1.29, 1.82) is 0 Å². The molecular weight excluding hydrogens is 388 g/mol. The monoisotopic (exact) mass is 416 g/mol. The number of hydrogen-bond donors (Lipinski definition) is 2. The molecule has 0 bridgehead atoms. The lowest BCUT2D eigenvalue weighted by Gasteiger charge is -2.15. The first-order valence-electron chi connectivity index (χ1n) is 9.79. The second-order valence-electron chi connectivity index (χ2n) is 6.15. The molecule has 0 heterocycles. The largest absolute Gasteiger partial charge is 0.493 e. The van der Waals surface area contributed by atoms with Gasteiger partial charge in [0.25, 0.3) is 5.91 Å². The van der Waals surface area contributed by atoms with Crippen LogP contribution in [-0.4, -0.2) is 37.4 Å². The molecule has 7 heteroatoms. The molecule has 0 aliphatic carbocycles. The first-order valence-corrected chi connectivity index (χ1v) is 10.2. The Bertz CT molecular complexity index is 798. The van der Waals surface area contributed by atoms with Gasteiger partial charge in [0.2, 0.25) is 0 Å². The highest BCUT2D eigenvalue weighted by Crippen LogP contribution is 2.24. The van der Waals surface area contributed by atoms with Gasteiger partial charge in [-0.1, -0.05) is 37.6 Å². The molecule has 2 aromatic rings. The van der Waals surface area contributed by atoms with E-state index >= 15 is 0 Å². The minimum Gasteiger partial charge on any atom is -0.493 e. The number of carbonyl (C=O) groups is 1. The van der Waals surface area contributed by atoms with Crippen LogP contribution < -0.4 is 20.1 Å². The van der Waals surface area contributed by atoms with E-state index in [2.05, 4.69) is 17.6 Å². The van der Waals surface area contributed by atoms with Gasteiger partial charge in [-0.25, -0.2) is 0 Å². The number of nitrogens with one attached hydrogen (secondary N) is 2. The number of thiocarbonyl (C=S) groups is 1. The van der Waals surface area contributed by atoms with Gasteiger partial charge in [-0.3, -0.25) is 10.1 Å². The van der Waals surface area contributed by atoms with Crippen molar-refractivity contribution in [2.45, 2.75) is 26.7 Å². The molecule has 156 valence electrons. The van der Waals surface area contributed by atoms with E-state index in [1.807, 2.05) is 37.3 Å². The van der Waals surface area contributed by atoms with Crippen molar-refractivity contribution in [3.63, 3.8) is 0 Å². The Morgan fingerprint density at radius 3 is 2.38 bits per heavy atom. The van der Waals surface area contributed by atoms with Crippen LogP contribution in [0.1, 0.15) is 37.0 Å². The molecule has 2 aromatic carbocycles. The maximum absolute atomic E-state index is 12.7. The second kappa shape index (κ2) is 12.7. The molecule has 1 amide bonds. The average Bonchev–Trinajstić information content (AvgIpc) is 2.73. The molecule has 0 unspecified atom stereocenters. The molecule has 0 aliphatic heterocycles.